The number of hydrogen-bond donors (Lipinski definition) is 0. The van der Waals surface area contributed by atoms with Gasteiger partial charge in [0.25, 0.3) is 0 Å². The number of carbonyl (C=O) groups excluding carboxylic acids is 1. The molecule has 2 nitrogen and oxygen atoms in total. The summed E-state index contributed by atoms with van der Waals surface area (Å²) in [7, 11) is 0. The van der Waals surface area contributed by atoms with Crippen LogP contribution < -0.4 is 0 Å². The molecule has 0 bridgehead atoms. The van der Waals surface area contributed by atoms with Gasteiger partial charge in [-0.3, -0.25) is 4.79 Å². The fourth-order valence-electron chi connectivity index (χ4n) is 3.12. The SMILES string of the molecule is C=C[C@]1(OCc2ccccc2)CC(CC)(CC)CC1=O. The van der Waals surface area contributed by atoms with E-state index in [0.29, 0.717) is 13.0 Å². The summed E-state index contributed by atoms with van der Waals surface area (Å²) in [6, 6.07) is 9.98. The third-order valence-electron chi connectivity index (χ3n) is 4.81. The van der Waals surface area contributed by atoms with Crippen LogP contribution in [-0.2, 0) is 16.1 Å². The van der Waals surface area contributed by atoms with Crippen LogP contribution in [0.3, 0.4) is 0 Å². The van der Waals surface area contributed by atoms with Crippen molar-refractivity contribution in [2.75, 3.05) is 0 Å². The van der Waals surface area contributed by atoms with E-state index in [9.17, 15) is 4.79 Å². The van der Waals surface area contributed by atoms with Gasteiger partial charge in [-0.25, -0.2) is 0 Å². The summed E-state index contributed by atoms with van der Waals surface area (Å²) in [6.45, 7) is 8.65. The van der Waals surface area contributed by atoms with Gasteiger partial charge in [0.15, 0.2) is 5.78 Å². The number of ether oxygens (including phenoxy) is 1. The Morgan fingerprint density at radius 3 is 2.40 bits per heavy atom. The molecule has 2 rings (SSSR count). The lowest BCUT2D eigenvalue weighted by atomic mass is 9.79. The third kappa shape index (κ3) is 2.71. The van der Waals surface area contributed by atoms with E-state index in [2.05, 4.69) is 20.4 Å². The monoisotopic (exact) mass is 272 g/mol. The molecule has 0 unspecified atom stereocenters. The van der Waals surface area contributed by atoms with Gasteiger partial charge in [-0.15, -0.1) is 0 Å². The molecule has 20 heavy (non-hydrogen) atoms. The second-order valence-corrected chi connectivity index (χ2v) is 5.85. The topological polar surface area (TPSA) is 26.3 Å². The molecule has 1 fully saturated rings. The largest absolute Gasteiger partial charge is 0.358 e. The Balaban J connectivity index is 2.14. The lowest BCUT2D eigenvalue weighted by molar-refractivity contribution is -0.135. The highest BCUT2D eigenvalue weighted by Crippen LogP contribution is 2.49. The quantitative estimate of drug-likeness (QED) is 0.722. The van der Waals surface area contributed by atoms with Gasteiger partial charge in [-0.05, 0) is 30.2 Å². The van der Waals surface area contributed by atoms with Gasteiger partial charge >= 0.3 is 0 Å². The van der Waals surface area contributed by atoms with Crippen LogP contribution in [0.4, 0.5) is 0 Å². The molecule has 108 valence electrons. The number of carbonyl (C=O) groups is 1. The Bertz CT molecular complexity index is 473. The van der Waals surface area contributed by atoms with E-state index in [1.165, 1.54) is 0 Å². The number of hydrogen-bond acceptors (Lipinski definition) is 2. The second-order valence-electron chi connectivity index (χ2n) is 5.85. The van der Waals surface area contributed by atoms with E-state index < -0.39 is 5.60 Å². The van der Waals surface area contributed by atoms with Crippen molar-refractivity contribution in [3.05, 3.63) is 48.6 Å². The molecule has 0 radical (unpaired) electrons. The van der Waals surface area contributed by atoms with Crippen molar-refractivity contribution < 1.29 is 9.53 Å². The zero-order chi connectivity index (χ0) is 14.6. The highest BCUT2D eigenvalue weighted by atomic mass is 16.5. The van der Waals surface area contributed by atoms with Crippen LogP contribution in [0.15, 0.2) is 43.0 Å². The van der Waals surface area contributed by atoms with Gasteiger partial charge in [0.1, 0.15) is 5.60 Å². The lowest BCUT2D eigenvalue weighted by Crippen LogP contribution is -2.35. The Morgan fingerprint density at radius 1 is 1.25 bits per heavy atom. The molecule has 0 aliphatic heterocycles. The number of ketones is 1. The normalized spacial score (nSPS) is 24.8. The Kier molecular flexibility index (Phi) is 4.44. The van der Waals surface area contributed by atoms with Crippen molar-refractivity contribution in [1.29, 1.82) is 0 Å². The summed E-state index contributed by atoms with van der Waals surface area (Å²) >= 11 is 0. The molecule has 1 aliphatic carbocycles. The Hall–Kier alpha value is -1.41. The van der Waals surface area contributed by atoms with Crippen LogP contribution in [0.1, 0.15) is 45.1 Å². The molecule has 0 heterocycles. The predicted octanol–water partition coefficient (Wildman–Crippen LogP) is 4.30. The highest BCUT2D eigenvalue weighted by Gasteiger charge is 2.52. The molecule has 0 saturated heterocycles. The maximum absolute atomic E-state index is 12.5. The number of benzene rings is 1. The van der Waals surface area contributed by atoms with Crippen molar-refractivity contribution >= 4 is 5.78 Å². The predicted molar refractivity (Wildman–Crippen MR) is 81.4 cm³/mol. The number of rotatable bonds is 6. The molecule has 1 aliphatic rings. The molecule has 2 heteroatoms. The molecule has 1 aromatic carbocycles. The summed E-state index contributed by atoms with van der Waals surface area (Å²) in [5.41, 5.74) is 0.385. The van der Waals surface area contributed by atoms with Crippen molar-refractivity contribution in [3.63, 3.8) is 0 Å². The molecular weight excluding hydrogens is 248 g/mol. The van der Waals surface area contributed by atoms with Crippen LogP contribution >= 0.6 is 0 Å². The van der Waals surface area contributed by atoms with Crippen LogP contribution in [-0.4, -0.2) is 11.4 Å². The zero-order valence-corrected chi connectivity index (χ0v) is 12.5. The average molecular weight is 272 g/mol. The Morgan fingerprint density at radius 2 is 1.90 bits per heavy atom. The fraction of sp³-hybridized carbons (Fsp3) is 0.500. The molecular formula is C18H24O2. The summed E-state index contributed by atoms with van der Waals surface area (Å²) in [5.74, 6) is 0.187. The highest BCUT2D eigenvalue weighted by molar-refractivity contribution is 5.92. The standard InChI is InChI=1S/C18H24O2/c1-4-17(5-2)12-16(19)18(6-3,14-17)20-13-15-10-8-7-9-11-15/h6-11H,3-5,12-14H2,1-2H3/t18-/m0/s1. The maximum Gasteiger partial charge on any atom is 0.169 e. The molecule has 0 N–H and O–H groups in total. The van der Waals surface area contributed by atoms with Gasteiger partial charge in [-0.1, -0.05) is 56.8 Å². The first kappa shape index (κ1) is 15.0. The smallest absolute Gasteiger partial charge is 0.169 e. The van der Waals surface area contributed by atoms with Crippen LogP contribution in [0.5, 0.6) is 0 Å². The van der Waals surface area contributed by atoms with Crippen molar-refractivity contribution in [3.8, 4) is 0 Å². The summed E-state index contributed by atoms with van der Waals surface area (Å²) in [5, 5.41) is 0. The molecule has 0 spiro atoms. The zero-order valence-electron chi connectivity index (χ0n) is 12.5. The average Bonchev–Trinajstić information content (AvgIpc) is 2.80. The second kappa shape index (κ2) is 5.92. The van der Waals surface area contributed by atoms with Gasteiger partial charge in [-0.2, -0.15) is 0 Å². The van der Waals surface area contributed by atoms with Crippen LogP contribution in [0.2, 0.25) is 0 Å². The van der Waals surface area contributed by atoms with E-state index in [1.807, 2.05) is 30.3 Å². The first-order chi connectivity index (χ1) is 9.60. The maximum atomic E-state index is 12.5. The minimum atomic E-state index is -0.790. The lowest BCUT2D eigenvalue weighted by Gasteiger charge is -2.29. The van der Waals surface area contributed by atoms with E-state index in [-0.39, 0.29) is 11.2 Å². The molecule has 1 atom stereocenters. The fourth-order valence-corrected chi connectivity index (χ4v) is 3.12. The van der Waals surface area contributed by atoms with Crippen LogP contribution in [0.25, 0.3) is 0 Å². The molecule has 0 amide bonds. The first-order valence-corrected chi connectivity index (χ1v) is 7.44. The van der Waals surface area contributed by atoms with Gasteiger partial charge < -0.3 is 4.74 Å². The van der Waals surface area contributed by atoms with Gasteiger partial charge in [0.2, 0.25) is 0 Å². The Labute approximate surface area is 121 Å². The first-order valence-electron chi connectivity index (χ1n) is 7.44. The molecule has 0 aromatic heterocycles. The summed E-state index contributed by atoms with van der Waals surface area (Å²) in [6.07, 6.45) is 5.12. The van der Waals surface area contributed by atoms with E-state index in [0.717, 1.165) is 24.8 Å². The van der Waals surface area contributed by atoms with Crippen LogP contribution in [0, 0.1) is 5.41 Å². The minimum Gasteiger partial charge on any atom is -0.358 e. The van der Waals surface area contributed by atoms with Crippen molar-refractivity contribution in [2.24, 2.45) is 5.41 Å². The minimum absolute atomic E-state index is 0.0853. The third-order valence-corrected chi connectivity index (χ3v) is 4.81. The summed E-state index contributed by atoms with van der Waals surface area (Å²) < 4.78 is 6.03. The van der Waals surface area contributed by atoms with Gasteiger partial charge in [0, 0.05) is 6.42 Å². The van der Waals surface area contributed by atoms with E-state index in [4.69, 9.17) is 4.74 Å². The van der Waals surface area contributed by atoms with E-state index >= 15 is 0 Å². The molecule has 1 aromatic rings. The van der Waals surface area contributed by atoms with Crippen molar-refractivity contribution in [1.82, 2.24) is 0 Å². The molecule has 1 saturated carbocycles. The number of Topliss-reactive ketones (excluding diaryl/α,β-unsaturated/α-hetero) is 1. The van der Waals surface area contributed by atoms with Gasteiger partial charge in [0.05, 0.1) is 6.61 Å². The van der Waals surface area contributed by atoms with E-state index in [1.54, 1.807) is 6.08 Å². The summed E-state index contributed by atoms with van der Waals surface area (Å²) in [4.78, 5) is 12.5. The van der Waals surface area contributed by atoms with Crippen molar-refractivity contribution in [2.45, 2.75) is 51.7 Å².